The number of nitrogens with one attached hydrogen (secondary N) is 1. The minimum atomic E-state index is -1.30. The molecule has 1 aromatic carbocycles. The van der Waals surface area contributed by atoms with Crippen LogP contribution in [-0.2, 0) is 19.1 Å². The average molecular weight is 434 g/mol. The second-order valence-electron chi connectivity index (χ2n) is 7.72. The van der Waals surface area contributed by atoms with Crippen LogP contribution >= 0.6 is 0 Å². The molecule has 0 saturated carbocycles. The fourth-order valence-corrected chi connectivity index (χ4v) is 5.04. The van der Waals surface area contributed by atoms with E-state index in [1.807, 2.05) is 6.92 Å². The summed E-state index contributed by atoms with van der Waals surface area (Å²) in [6, 6.07) is 2.86. The monoisotopic (exact) mass is 434 g/mol. The van der Waals surface area contributed by atoms with Gasteiger partial charge in [0.15, 0.2) is 11.5 Å². The smallest absolute Gasteiger partial charge is 0.326 e. The Morgan fingerprint density at radius 2 is 1.65 bits per heavy atom. The quantitative estimate of drug-likeness (QED) is 0.487. The lowest BCUT2D eigenvalue weighted by atomic mass is 9.77. The molecule has 4 atom stereocenters. The zero-order valence-electron chi connectivity index (χ0n) is 18.8. The van der Waals surface area contributed by atoms with Gasteiger partial charge in [0, 0.05) is 12.6 Å². The largest absolute Gasteiger partial charge is 0.493 e. The van der Waals surface area contributed by atoms with Gasteiger partial charge in [-0.3, -0.25) is 24.6 Å². The number of imide groups is 1. The first kappa shape index (κ1) is 22.9. The highest BCUT2D eigenvalue weighted by Crippen LogP contribution is 2.52. The van der Waals surface area contributed by atoms with E-state index in [1.165, 1.54) is 33.3 Å². The molecule has 1 aromatic rings. The third-order valence-electron chi connectivity index (χ3n) is 6.30. The highest BCUT2D eigenvalue weighted by Gasteiger charge is 2.68. The molecule has 0 bridgehead atoms. The molecule has 170 valence electrons. The van der Waals surface area contributed by atoms with Crippen molar-refractivity contribution in [3.63, 3.8) is 0 Å². The molecule has 2 heterocycles. The van der Waals surface area contributed by atoms with Gasteiger partial charge in [-0.1, -0.05) is 13.3 Å². The number of fused-ring (bicyclic) bond motifs is 1. The van der Waals surface area contributed by atoms with E-state index in [-0.39, 0.29) is 18.4 Å². The first-order chi connectivity index (χ1) is 14.8. The standard InChI is InChI=1S/C22H30N2O7/c1-7-9-22(21(27)31-6)16-15(19(25)24(8-2)20(16)26)17(23-22)12-10-13(28-3)18(30-5)14(11-12)29-4/h10-11,15-17,23H,7-9H2,1-6H3/t15-,16+,17-,22+/m0/s1. The third-order valence-corrected chi connectivity index (χ3v) is 6.30. The predicted molar refractivity (Wildman–Crippen MR) is 111 cm³/mol. The number of carbonyl (C=O) groups is 3. The lowest BCUT2D eigenvalue weighted by molar-refractivity contribution is -0.154. The zero-order valence-corrected chi connectivity index (χ0v) is 18.8. The van der Waals surface area contributed by atoms with Crippen molar-refractivity contribution in [3.8, 4) is 17.2 Å². The SMILES string of the molecule is CCC[C@@]1(C(=O)OC)N[C@@H](c2cc(OC)c(OC)c(OC)c2)[C@H]2C(=O)N(CC)C(=O)[C@@H]21. The van der Waals surface area contributed by atoms with Crippen molar-refractivity contribution >= 4 is 17.8 Å². The molecule has 2 amide bonds. The number of amides is 2. The average Bonchev–Trinajstić information content (AvgIpc) is 3.26. The van der Waals surface area contributed by atoms with Gasteiger partial charge in [0.25, 0.3) is 0 Å². The van der Waals surface area contributed by atoms with Crippen LogP contribution in [0.3, 0.4) is 0 Å². The molecule has 2 saturated heterocycles. The van der Waals surface area contributed by atoms with Gasteiger partial charge in [-0.25, -0.2) is 0 Å². The fraction of sp³-hybridized carbons (Fsp3) is 0.591. The van der Waals surface area contributed by atoms with Gasteiger partial charge in [-0.05, 0) is 31.0 Å². The number of rotatable bonds is 8. The van der Waals surface area contributed by atoms with Crippen LogP contribution in [-0.4, -0.2) is 63.2 Å². The molecule has 9 nitrogen and oxygen atoms in total. The van der Waals surface area contributed by atoms with E-state index in [2.05, 4.69) is 5.32 Å². The van der Waals surface area contributed by atoms with Crippen molar-refractivity contribution in [1.82, 2.24) is 10.2 Å². The van der Waals surface area contributed by atoms with E-state index in [0.717, 1.165) is 0 Å². The van der Waals surface area contributed by atoms with E-state index in [9.17, 15) is 14.4 Å². The van der Waals surface area contributed by atoms with E-state index < -0.39 is 29.4 Å². The lowest BCUT2D eigenvalue weighted by Crippen LogP contribution is -2.56. The van der Waals surface area contributed by atoms with Crippen molar-refractivity contribution in [3.05, 3.63) is 17.7 Å². The molecule has 2 aliphatic rings. The topological polar surface area (TPSA) is 103 Å². The van der Waals surface area contributed by atoms with Crippen LogP contribution in [0.25, 0.3) is 0 Å². The Kier molecular flexibility index (Phi) is 6.45. The summed E-state index contributed by atoms with van der Waals surface area (Å²) >= 11 is 0. The van der Waals surface area contributed by atoms with Crippen molar-refractivity contribution in [2.45, 2.75) is 38.3 Å². The molecule has 2 aliphatic heterocycles. The summed E-state index contributed by atoms with van der Waals surface area (Å²) in [4.78, 5) is 40.8. The van der Waals surface area contributed by atoms with Crippen LogP contribution in [0.4, 0.5) is 0 Å². The molecule has 1 N–H and O–H groups in total. The summed E-state index contributed by atoms with van der Waals surface area (Å²) in [5.41, 5.74) is -0.638. The number of esters is 1. The Balaban J connectivity index is 2.21. The Bertz CT molecular complexity index is 862. The van der Waals surface area contributed by atoms with E-state index >= 15 is 0 Å². The molecule has 31 heavy (non-hydrogen) atoms. The lowest BCUT2D eigenvalue weighted by Gasteiger charge is -2.32. The van der Waals surface area contributed by atoms with Crippen molar-refractivity contribution in [2.24, 2.45) is 11.8 Å². The van der Waals surface area contributed by atoms with Gasteiger partial charge in [-0.2, -0.15) is 0 Å². The number of nitrogens with zero attached hydrogens (tertiary/aromatic N) is 1. The maximum Gasteiger partial charge on any atom is 0.326 e. The summed E-state index contributed by atoms with van der Waals surface area (Å²) in [5.74, 6) is -1.53. The Morgan fingerprint density at radius 1 is 1.03 bits per heavy atom. The zero-order chi connectivity index (χ0) is 22.9. The maximum atomic E-state index is 13.3. The number of carbonyl (C=O) groups excluding carboxylic acids is 3. The minimum absolute atomic E-state index is 0.246. The molecule has 0 spiro atoms. The maximum absolute atomic E-state index is 13.3. The first-order valence-electron chi connectivity index (χ1n) is 10.4. The summed E-state index contributed by atoms with van der Waals surface area (Å²) in [6.07, 6.45) is 0.985. The van der Waals surface area contributed by atoms with Crippen molar-refractivity contribution in [2.75, 3.05) is 35.0 Å². The summed E-state index contributed by atoms with van der Waals surface area (Å²) in [6.45, 7) is 3.92. The molecule has 9 heteroatoms. The molecular weight excluding hydrogens is 404 g/mol. The Morgan fingerprint density at radius 3 is 2.10 bits per heavy atom. The molecular formula is C22H30N2O7. The fourth-order valence-electron chi connectivity index (χ4n) is 5.04. The molecule has 0 unspecified atom stereocenters. The highest BCUT2D eigenvalue weighted by molar-refractivity contribution is 6.09. The summed E-state index contributed by atoms with van der Waals surface area (Å²) in [7, 11) is 5.81. The van der Waals surface area contributed by atoms with Crippen LogP contribution in [0.5, 0.6) is 17.2 Å². The number of likely N-dealkylation sites (tertiary alicyclic amines) is 1. The third kappa shape index (κ3) is 3.31. The highest BCUT2D eigenvalue weighted by atomic mass is 16.5. The second kappa shape index (κ2) is 8.74. The Labute approximate surface area is 182 Å². The summed E-state index contributed by atoms with van der Waals surface area (Å²) < 4.78 is 21.4. The van der Waals surface area contributed by atoms with E-state index in [1.54, 1.807) is 19.1 Å². The molecule has 3 rings (SSSR count). The number of benzene rings is 1. The number of hydrogen-bond donors (Lipinski definition) is 1. The van der Waals surface area contributed by atoms with Crippen LogP contribution in [0.1, 0.15) is 38.3 Å². The molecule has 0 aromatic heterocycles. The van der Waals surface area contributed by atoms with E-state index in [4.69, 9.17) is 18.9 Å². The van der Waals surface area contributed by atoms with Crippen LogP contribution in [0.2, 0.25) is 0 Å². The van der Waals surface area contributed by atoms with Gasteiger partial charge < -0.3 is 18.9 Å². The number of hydrogen-bond acceptors (Lipinski definition) is 8. The van der Waals surface area contributed by atoms with Gasteiger partial charge in [-0.15, -0.1) is 0 Å². The van der Waals surface area contributed by atoms with Gasteiger partial charge >= 0.3 is 5.97 Å². The summed E-state index contributed by atoms with van der Waals surface area (Å²) in [5, 5.41) is 3.33. The van der Waals surface area contributed by atoms with Crippen LogP contribution in [0, 0.1) is 11.8 Å². The van der Waals surface area contributed by atoms with Gasteiger partial charge in [0.05, 0.1) is 40.3 Å². The van der Waals surface area contributed by atoms with Crippen LogP contribution < -0.4 is 19.5 Å². The number of methoxy groups -OCH3 is 4. The number of ether oxygens (including phenoxy) is 4. The normalized spacial score (nSPS) is 27.3. The van der Waals surface area contributed by atoms with Gasteiger partial charge in [0.2, 0.25) is 17.6 Å². The predicted octanol–water partition coefficient (Wildman–Crippen LogP) is 1.69. The first-order valence-corrected chi connectivity index (χ1v) is 10.4. The minimum Gasteiger partial charge on any atom is -0.493 e. The van der Waals surface area contributed by atoms with Crippen LogP contribution in [0.15, 0.2) is 12.1 Å². The molecule has 0 radical (unpaired) electrons. The molecule has 0 aliphatic carbocycles. The second-order valence-corrected chi connectivity index (χ2v) is 7.72. The molecule has 2 fully saturated rings. The van der Waals surface area contributed by atoms with E-state index in [0.29, 0.717) is 35.7 Å². The Hall–Kier alpha value is -2.81. The van der Waals surface area contributed by atoms with Gasteiger partial charge in [0.1, 0.15) is 5.54 Å². The van der Waals surface area contributed by atoms with Crippen molar-refractivity contribution in [1.29, 1.82) is 0 Å². The van der Waals surface area contributed by atoms with Crippen molar-refractivity contribution < 1.29 is 33.3 Å².